The van der Waals surface area contributed by atoms with Crippen molar-refractivity contribution < 1.29 is 14.4 Å². The summed E-state index contributed by atoms with van der Waals surface area (Å²) < 4.78 is 0. The SMILES string of the molecule is CCC(C)[C@H](N)C(=O)NCC(=O)NCC(N)=O. The number of primary amides is 1. The van der Waals surface area contributed by atoms with E-state index in [1.807, 2.05) is 13.8 Å². The molecule has 0 aromatic heterocycles. The van der Waals surface area contributed by atoms with Gasteiger partial charge in [0.25, 0.3) is 0 Å². The maximum absolute atomic E-state index is 11.5. The average molecular weight is 244 g/mol. The van der Waals surface area contributed by atoms with Crippen LogP contribution in [0.2, 0.25) is 0 Å². The van der Waals surface area contributed by atoms with Gasteiger partial charge in [-0.25, -0.2) is 0 Å². The summed E-state index contributed by atoms with van der Waals surface area (Å²) in [6, 6.07) is -0.635. The maximum atomic E-state index is 11.5. The van der Waals surface area contributed by atoms with Crippen molar-refractivity contribution in [2.45, 2.75) is 26.3 Å². The van der Waals surface area contributed by atoms with Crippen molar-refractivity contribution in [3.63, 3.8) is 0 Å². The Bertz CT molecular complexity index is 293. The van der Waals surface area contributed by atoms with Crippen molar-refractivity contribution in [1.29, 1.82) is 0 Å². The smallest absolute Gasteiger partial charge is 0.239 e. The van der Waals surface area contributed by atoms with Gasteiger partial charge >= 0.3 is 0 Å². The number of carbonyl (C=O) groups is 3. The van der Waals surface area contributed by atoms with E-state index in [9.17, 15) is 14.4 Å². The van der Waals surface area contributed by atoms with Gasteiger partial charge in [0.05, 0.1) is 19.1 Å². The first-order valence-electron chi connectivity index (χ1n) is 5.46. The second kappa shape index (κ2) is 7.61. The highest BCUT2D eigenvalue weighted by Gasteiger charge is 2.19. The van der Waals surface area contributed by atoms with Crippen LogP contribution in [0, 0.1) is 5.92 Å². The van der Waals surface area contributed by atoms with Gasteiger partial charge in [-0.3, -0.25) is 14.4 Å². The molecule has 3 amide bonds. The molecule has 0 heterocycles. The molecule has 2 atom stereocenters. The highest BCUT2D eigenvalue weighted by Crippen LogP contribution is 2.04. The van der Waals surface area contributed by atoms with Crippen molar-refractivity contribution in [3.05, 3.63) is 0 Å². The zero-order valence-electron chi connectivity index (χ0n) is 10.2. The van der Waals surface area contributed by atoms with Crippen LogP contribution >= 0.6 is 0 Å². The number of amides is 3. The summed E-state index contributed by atoms with van der Waals surface area (Å²) in [5.41, 5.74) is 10.5. The quantitative estimate of drug-likeness (QED) is 0.416. The molecule has 0 bridgehead atoms. The second-order valence-electron chi connectivity index (χ2n) is 3.87. The van der Waals surface area contributed by atoms with Crippen LogP contribution < -0.4 is 22.1 Å². The van der Waals surface area contributed by atoms with Gasteiger partial charge in [0.2, 0.25) is 17.7 Å². The lowest BCUT2D eigenvalue weighted by molar-refractivity contribution is -0.128. The number of carbonyl (C=O) groups excluding carboxylic acids is 3. The van der Waals surface area contributed by atoms with E-state index in [2.05, 4.69) is 10.6 Å². The molecular weight excluding hydrogens is 224 g/mol. The fourth-order valence-electron chi connectivity index (χ4n) is 1.05. The normalized spacial score (nSPS) is 13.6. The largest absolute Gasteiger partial charge is 0.368 e. The minimum atomic E-state index is -0.638. The molecule has 98 valence electrons. The first kappa shape index (κ1) is 15.4. The third-order valence-electron chi connectivity index (χ3n) is 2.44. The number of rotatable bonds is 7. The van der Waals surface area contributed by atoms with E-state index in [-0.39, 0.29) is 24.9 Å². The minimum Gasteiger partial charge on any atom is -0.368 e. The van der Waals surface area contributed by atoms with E-state index >= 15 is 0 Å². The second-order valence-corrected chi connectivity index (χ2v) is 3.87. The van der Waals surface area contributed by atoms with Crippen LogP contribution in [0.15, 0.2) is 0 Å². The van der Waals surface area contributed by atoms with Gasteiger partial charge in [-0.05, 0) is 5.92 Å². The van der Waals surface area contributed by atoms with Crippen LogP contribution in [0.25, 0.3) is 0 Å². The van der Waals surface area contributed by atoms with E-state index in [1.165, 1.54) is 0 Å². The summed E-state index contributed by atoms with van der Waals surface area (Å²) in [5.74, 6) is -1.45. The summed E-state index contributed by atoms with van der Waals surface area (Å²) in [4.78, 5) is 33.0. The van der Waals surface area contributed by atoms with Gasteiger partial charge < -0.3 is 22.1 Å². The van der Waals surface area contributed by atoms with Crippen LogP contribution in [-0.4, -0.2) is 36.9 Å². The maximum Gasteiger partial charge on any atom is 0.239 e. The number of nitrogens with two attached hydrogens (primary N) is 2. The number of hydrogen-bond donors (Lipinski definition) is 4. The van der Waals surface area contributed by atoms with E-state index in [1.54, 1.807) is 0 Å². The van der Waals surface area contributed by atoms with Crippen molar-refractivity contribution in [2.75, 3.05) is 13.1 Å². The minimum absolute atomic E-state index is 0.0451. The van der Waals surface area contributed by atoms with Crippen LogP contribution in [0.4, 0.5) is 0 Å². The molecule has 0 aromatic carbocycles. The molecule has 1 unspecified atom stereocenters. The lowest BCUT2D eigenvalue weighted by Crippen LogP contribution is -2.48. The summed E-state index contributed by atoms with van der Waals surface area (Å²) in [5, 5.41) is 4.64. The van der Waals surface area contributed by atoms with Gasteiger partial charge in [-0.15, -0.1) is 0 Å². The molecule has 6 N–H and O–H groups in total. The molecule has 7 heteroatoms. The average Bonchev–Trinajstić information content (AvgIpc) is 2.31. The fourth-order valence-corrected chi connectivity index (χ4v) is 1.05. The van der Waals surface area contributed by atoms with Gasteiger partial charge in [-0.2, -0.15) is 0 Å². The van der Waals surface area contributed by atoms with Gasteiger partial charge in [0, 0.05) is 0 Å². The molecule has 0 radical (unpaired) electrons. The molecule has 0 aliphatic rings. The topological polar surface area (TPSA) is 127 Å². The molecule has 0 rings (SSSR count). The molecule has 0 saturated carbocycles. The van der Waals surface area contributed by atoms with Gasteiger partial charge in [0.1, 0.15) is 0 Å². The van der Waals surface area contributed by atoms with Crippen molar-refractivity contribution in [3.8, 4) is 0 Å². The molecule has 17 heavy (non-hydrogen) atoms. The van der Waals surface area contributed by atoms with E-state index < -0.39 is 17.9 Å². The molecule has 7 nitrogen and oxygen atoms in total. The Morgan fingerprint density at radius 3 is 2.24 bits per heavy atom. The van der Waals surface area contributed by atoms with E-state index in [0.29, 0.717) is 0 Å². The molecule has 0 aliphatic carbocycles. The molecular formula is C10H20N4O3. The Hall–Kier alpha value is -1.63. The summed E-state index contributed by atoms with van der Waals surface area (Å²) in [6.07, 6.45) is 0.780. The van der Waals surface area contributed by atoms with E-state index in [4.69, 9.17) is 11.5 Å². The fraction of sp³-hybridized carbons (Fsp3) is 0.700. The van der Waals surface area contributed by atoms with Gasteiger partial charge in [-0.1, -0.05) is 20.3 Å². The molecule has 0 fully saturated rings. The monoisotopic (exact) mass is 244 g/mol. The number of nitrogens with one attached hydrogen (secondary N) is 2. The van der Waals surface area contributed by atoms with E-state index in [0.717, 1.165) is 6.42 Å². The zero-order chi connectivity index (χ0) is 13.4. The Morgan fingerprint density at radius 2 is 1.76 bits per heavy atom. The van der Waals surface area contributed by atoms with Crippen LogP contribution in [-0.2, 0) is 14.4 Å². The molecule has 0 saturated heterocycles. The van der Waals surface area contributed by atoms with Crippen molar-refractivity contribution in [2.24, 2.45) is 17.4 Å². The first-order valence-corrected chi connectivity index (χ1v) is 5.46. The first-order chi connectivity index (χ1) is 7.88. The Kier molecular flexibility index (Phi) is 6.88. The standard InChI is InChI=1S/C10H20N4O3/c1-3-6(2)9(12)10(17)14-5-8(16)13-4-7(11)15/h6,9H,3-5,12H2,1-2H3,(H2,11,15)(H,13,16)(H,14,17)/t6?,9-/m0/s1. The van der Waals surface area contributed by atoms with Crippen molar-refractivity contribution in [1.82, 2.24) is 10.6 Å². The lowest BCUT2D eigenvalue weighted by atomic mass is 9.99. The third-order valence-corrected chi connectivity index (χ3v) is 2.44. The van der Waals surface area contributed by atoms with Crippen molar-refractivity contribution >= 4 is 17.7 Å². The van der Waals surface area contributed by atoms with Crippen LogP contribution in [0.3, 0.4) is 0 Å². The Balaban J connectivity index is 3.91. The number of hydrogen-bond acceptors (Lipinski definition) is 4. The zero-order valence-corrected chi connectivity index (χ0v) is 10.2. The lowest BCUT2D eigenvalue weighted by Gasteiger charge is -2.17. The van der Waals surface area contributed by atoms with Crippen LogP contribution in [0.5, 0.6) is 0 Å². The Labute approximate surface area is 100 Å². The molecule has 0 aliphatic heterocycles. The third kappa shape index (κ3) is 6.52. The highest BCUT2D eigenvalue weighted by atomic mass is 16.2. The predicted octanol–water partition coefficient (Wildman–Crippen LogP) is -1.92. The van der Waals surface area contributed by atoms with Gasteiger partial charge in [0.15, 0.2) is 0 Å². The van der Waals surface area contributed by atoms with Crippen LogP contribution in [0.1, 0.15) is 20.3 Å². The molecule has 0 aromatic rings. The molecule has 0 spiro atoms. The summed E-state index contributed by atoms with van der Waals surface area (Å²) in [6.45, 7) is 3.33. The predicted molar refractivity (Wildman–Crippen MR) is 62.6 cm³/mol. The summed E-state index contributed by atoms with van der Waals surface area (Å²) >= 11 is 0. The summed E-state index contributed by atoms with van der Waals surface area (Å²) in [7, 11) is 0. The Morgan fingerprint density at radius 1 is 1.18 bits per heavy atom. The highest BCUT2D eigenvalue weighted by molar-refractivity contribution is 5.89.